The van der Waals surface area contributed by atoms with E-state index in [4.69, 9.17) is 4.74 Å². The van der Waals surface area contributed by atoms with Crippen LogP contribution in [0.5, 0.6) is 5.75 Å². The molecule has 0 aliphatic heterocycles. The second-order valence-electron chi connectivity index (χ2n) is 4.42. The van der Waals surface area contributed by atoms with Crippen molar-refractivity contribution in [2.24, 2.45) is 0 Å². The monoisotopic (exact) mass is 317 g/mol. The highest BCUT2D eigenvalue weighted by molar-refractivity contribution is 7.17. The van der Waals surface area contributed by atoms with Crippen molar-refractivity contribution in [2.75, 3.05) is 6.61 Å². The van der Waals surface area contributed by atoms with Crippen LogP contribution in [0, 0.1) is 10.1 Å². The van der Waals surface area contributed by atoms with Crippen LogP contribution in [-0.4, -0.2) is 21.5 Å². The molecule has 3 rings (SSSR count). The van der Waals surface area contributed by atoms with Crippen molar-refractivity contribution in [1.82, 2.24) is 9.97 Å². The number of nitrogens with zero attached hydrogens (tertiary/aromatic N) is 2. The third-order valence-electron chi connectivity index (χ3n) is 3.04. The van der Waals surface area contributed by atoms with Gasteiger partial charge in [0, 0.05) is 12.1 Å². The third kappa shape index (κ3) is 2.44. The van der Waals surface area contributed by atoms with Crippen molar-refractivity contribution < 1.29 is 9.66 Å². The number of nitrogens with one attached hydrogen (secondary N) is 1. The van der Waals surface area contributed by atoms with Crippen molar-refractivity contribution in [1.29, 1.82) is 0 Å². The highest BCUT2D eigenvalue weighted by Gasteiger charge is 2.16. The number of ether oxygens (including phenoxy) is 1. The van der Waals surface area contributed by atoms with E-state index in [9.17, 15) is 14.9 Å². The van der Waals surface area contributed by atoms with E-state index in [1.165, 1.54) is 29.5 Å². The van der Waals surface area contributed by atoms with Crippen LogP contribution < -0.4 is 10.3 Å². The summed E-state index contributed by atoms with van der Waals surface area (Å²) in [5.41, 5.74) is 0.578. The molecule has 0 unspecified atom stereocenters. The molecule has 0 fully saturated rings. The summed E-state index contributed by atoms with van der Waals surface area (Å²) in [5.74, 6) is 0.689. The first-order chi connectivity index (χ1) is 10.6. The summed E-state index contributed by atoms with van der Waals surface area (Å²) in [6.07, 6.45) is 0. The van der Waals surface area contributed by atoms with E-state index in [2.05, 4.69) is 9.97 Å². The van der Waals surface area contributed by atoms with Crippen LogP contribution in [0.25, 0.3) is 21.6 Å². The molecule has 0 aliphatic rings. The Bertz CT molecular complexity index is 916. The number of nitro benzene ring substituents is 1. The summed E-state index contributed by atoms with van der Waals surface area (Å²) >= 11 is 1.29. The number of nitro groups is 1. The van der Waals surface area contributed by atoms with Crippen molar-refractivity contribution in [3.8, 4) is 17.1 Å². The Hall–Kier alpha value is -2.74. The van der Waals surface area contributed by atoms with Crippen LogP contribution >= 0.6 is 11.3 Å². The molecular weight excluding hydrogens is 306 g/mol. The van der Waals surface area contributed by atoms with Gasteiger partial charge in [-0.3, -0.25) is 14.9 Å². The lowest BCUT2D eigenvalue weighted by molar-refractivity contribution is -0.384. The summed E-state index contributed by atoms with van der Waals surface area (Å²) < 4.78 is 6.00. The van der Waals surface area contributed by atoms with Gasteiger partial charge in [0.25, 0.3) is 11.2 Å². The van der Waals surface area contributed by atoms with Crippen LogP contribution in [0.15, 0.2) is 34.4 Å². The second-order valence-corrected chi connectivity index (χ2v) is 5.34. The minimum Gasteiger partial charge on any atom is -0.493 e. The van der Waals surface area contributed by atoms with Gasteiger partial charge >= 0.3 is 0 Å². The first-order valence-corrected chi connectivity index (χ1v) is 7.37. The number of aromatic nitrogens is 2. The molecule has 0 saturated carbocycles. The van der Waals surface area contributed by atoms with E-state index < -0.39 is 4.92 Å². The number of thiophene rings is 1. The van der Waals surface area contributed by atoms with Crippen LogP contribution in [0.4, 0.5) is 5.69 Å². The Kier molecular flexibility index (Phi) is 3.60. The van der Waals surface area contributed by atoms with E-state index in [0.717, 1.165) is 0 Å². The van der Waals surface area contributed by atoms with Crippen LogP contribution in [0.1, 0.15) is 6.92 Å². The third-order valence-corrected chi connectivity index (χ3v) is 3.95. The number of hydrogen-bond donors (Lipinski definition) is 1. The molecule has 3 aromatic rings. The molecule has 1 aromatic carbocycles. The highest BCUT2D eigenvalue weighted by Crippen LogP contribution is 2.32. The molecule has 8 heteroatoms. The van der Waals surface area contributed by atoms with E-state index >= 15 is 0 Å². The van der Waals surface area contributed by atoms with Crippen molar-refractivity contribution in [3.63, 3.8) is 0 Å². The lowest BCUT2D eigenvalue weighted by atomic mass is 10.1. The molecule has 0 radical (unpaired) electrons. The van der Waals surface area contributed by atoms with Gasteiger partial charge in [-0.15, -0.1) is 11.3 Å². The Morgan fingerprint density at radius 1 is 1.41 bits per heavy atom. The topological polar surface area (TPSA) is 98.1 Å². The van der Waals surface area contributed by atoms with Crippen LogP contribution in [0.2, 0.25) is 0 Å². The zero-order valence-electron chi connectivity index (χ0n) is 11.5. The maximum Gasteiger partial charge on any atom is 0.270 e. The van der Waals surface area contributed by atoms with Gasteiger partial charge < -0.3 is 9.72 Å². The summed E-state index contributed by atoms with van der Waals surface area (Å²) in [6.45, 7) is 2.21. The van der Waals surface area contributed by atoms with E-state index in [1.54, 1.807) is 11.4 Å². The van der Waals surface area contributed by atoms with Gasteiger partial charge in [-0.05, 0) is 24.4 Å². The predicted octanol–water partition coefficient (Wildman–Crippen LogP) is 2.96. The molecule has 22 heavy (non-hydrogen) atoms. The normalized spacial score (nSPS) is 10.8. The number of rotatable bonds is 4. The van der Waals surface area contributed by atoms with Gasteiger partial charge in [0.2, 0.25) is 0 Å². The van der Waals surface area contributed by atoms with E-state index in [1.807, 2.05) is 6.92 Å². The molecule has 0 spiro atoms. The molecule has 0 atom stereocenters. The average molecular weight is 317 g/mol. The first-order valence-electron chi connectivity index (χ1n) is 6.49. The van der Waals surface area contributed by atoms with Gasteiger partial charge in [0.15, 0.2) is 0 Å². The maximum atomic E-state index is 12.1. The first kappa shape index (κ1) is 14.2. The Morgan fingerprint density at radius 3 is 2.95 bits per heavy atom. The molecule has 0 amide bonds. The number of non-ortho nitro benzene ring substituents is 1. The zero-order valence-corrected chi connectivity index (χ0v) is 12.3. The van der Waals surface area contributed by atoms with Crippen molar-refractivity contribution >= 4 is 27.2 Å². The smallest absolute Gasteiger partial charge is 0.270 e. The largest absolute Gasteiger partial charge is 0.493 e. The molecule has 2 aromatic heterocycles. The fourth-order valence-electron chi connectivity index (χ4n) is 2.10. The Labute approximate surface area is 128 Å². The summed E-state index contributed by atoms with van der Waals surface area (Å²) in [6, 6.07) is 5.95. The molecule has 2 heterocycles. The number of fused-ring (bicyclic) bond motifs is 1. The fraction of sp³-hybridized carbons (Fsp3) is 0.143. The maximum absolute atomic E-state index is 12.1. The van der Waals surface area contributed by atoms with Gasteiger partial charge in [-0.25, -0.2) is 4.98 Å². The highest BCUT2D eigenvalue weighted by atomic mass is 32.1. The number of benzene rings is 1. The number of H-pyrrole nitrogens is 1. The van der Waals surface area contributed by atoms with E-state index in [-0.39, 0.29) is 17.1 Å². The molecule has 7 nitrogen and oxygen atoms in total. The average Bonchev–Trinajstić information content (AvgIpc) is 2.96. The lowest BCUT2D eigenvalue weighted by Gasteiger charge is -2.09. The van der Waals surface area contributed by atoms with Gasteiger partial charge in [0.05, 0.1) is 22.6 Å². The molecule has 112 valence electrons. The summed E-state index contributed by atoms with van der Waals surface area (Å²) in [7, 11) is 0. The number of hydrogen-bond acceptors (Lipinski definition) is 6. The summed E-state index contributed by atoms with van der Waals surface area (Å²) in [4.78, 5) is 29.5. The Balaban J connectivity index is 2.24. The lowest BCUT2D eigenvalue weighted by Crippen LogP contribution is -2.08. The van der Waals surface area contributed by atoms with Gasteiger partial charge in [0.1, 0.15) is 16.3 Å². The van der Waals surface area contributed by atoms with Crippen LogP contribution in [-0.2, 0) is 0 Å². The minimum absolute atomic E-state index is 0.0912. The summed E-state index contributed by atoms with van der Waals surface area (Å²) in [5, 5.41) is 12.7. The SMILES string of the molecule is CCOc1ccc([N+](=O)[O-])cc1-c1nc2ccsc2c(=O)[nH]1. The van der Waals surface area contributed by atoms with Crippen molar-refractivity contribution in [2.45, 2.75) is 6.92 Å². The quantitative estimate of drug-likeness (QED) is 0.589. The molecule has 0 saturated heterocycles. The Morgan fingerprint density at radius 2 is 2.23 bits per heavy atom. The van der Waals surface area contributed by atoms with Crippen LogP contribution in [0.3, 0.4) is 0 Å². The predicted molar refractivity (Wildman–Crippen MR) is 83.5 cm³/mol. The minimum atomic E-state index is -0.500. The van der Waals surface area contributed by atoms with Gasteiger partial charge in [-0.1, -0.05) is 0 Å². The van der Waals surface area contributed by atoms with Gasteiger partial charge in [-0.2, -0.15) is 0 Å². The zero-order chi connectivity index (χ0) is 15.7. The van der Waals surface area contributed by atoms with E-state index in [0.29, 0.717) is 28.1 Å². The number of aromatic amines is 1. The fourth-order valence-corrected chi connectivity index (χ4v) is 2.82. The molecule has 0 aliphatic carbocycles. The van der Waals surface area contributed by atoms with Crippen molar-refractivity contribution in [3.05, 3.63) is 50.1 Å². The molecule has 1 N–H and O–H groups in total. The molecular formula is C14H11N3O4S. The standard InChI is InChI=1S/C14H11N3O4S/c1-2-21-11-4-3-8(17(19)20)7-9(11)13-15-10-5-6-22-12(10)14(18)16-13/h3-7H,2H2,1H3,(H,15,16,18). The second kappa shape index (κ2) is 5.57. The molecule has 0 bridgehead atoms.